The van der Waals surface area contributed by atoms with Gasteiger partial charge in [-0.2, -0.15) is 0 Å². The van der Waals surface area contributed by atoms with Crippen LogP contribution in [0.3, 0.4) is 0 Å². The molecule has 3 rings (SSSR count). The maximum Gasteiger partial charge on any atom is 0.338 e. The Morgan fingerprint density at radius 2 is 2.19 bits per heavy atom. The number of rotatable bonds is 5. The van der Waals surface area contributed by atoms with Gasteiger partial charge in [0.1, 0.15) is 0 Å². The number of esters is 1. The van der Waals surface area contributed by atoms with Gasteiger partial charge in [-0.3, -0.25) is 0 Å². The van der Waals surface area contributed by atoms with Gasteiger partial charge in [0.25, 0.3) is 0 Å². The molecule has 8 nitrogen and oxygen atoms in total. The number of amides is 2. The number of benzene rings is 1. The number of hydrogen-bond donors (Lipinski definition) is 3. The van der Waals surface area contributed by atoms with Crippen LogP contribution in [-0.2, 0) is 9.53 Å². The van der Waals surface area contributed by atoms with Gasteiger partial charge < -0.3 is 21.1 Å². The topological polar surface area (TPSA) is 119 Å². The van der Waals surface area contributed by atoms with Crippen molar-refractivity contribution in [3.63, 3.8) is 0 Å². The second-order valence-electron chi connectivity index (χ2n) is 5.13. The van der Waals surface area contributed by atoms with Gasteiger partial charge in [-0.05, 0) is 11.6 Å². The van der Waals surface area contributed by atoms with Crippen molar-refractivity contribution in [1.82, 2.24) is 20.8 Å². The first-order valence-corrected chi connectivity index (χ1v) is 9.52. The van der Waals surface area contributed by atoms with E-state index in [1.165, 1.54) is 30.2 Å². The van der Waals surface area contributed by atoms with Crippen LogP contribution in [-0.4, -0.2) is 35.1 Å². The molecule has 0 saturated heterocycles. The minimum absolute atomic E-state index is 0.283. The lowest BCUT2D eigenvalue weighted by atomic mass is 9.95. The summed E-state index contributed by atoms with van der Waals surface area (Å²) in [5, 5.41) is 13.8. The number of urea groups is 1. The molecule has 1 aromatic heterocycles. The lowest BCUT2D eigenvalue weighted by Gasteiger charge is -2.29. The summed E-state index contributed by atoms with van der Waals surface area (Å²) in [5.74, 6) is -0.275. The minimum atomic E-state index is -0.722. The summed E-state index contributed by atoms with van der Waals surface area (Å²) < 4.78 is 5.54. The fourth-order valence-electron chi connectivity index (χ4n) is 2.44. The molecule has 1 aliphatic rings. The van der Waals surface area contributed by atoms with E-state index >= 15 is 0 Å². The van der Waals surface area contributed by atoms with E-state index in [-0.39, 0.29) is 11.3 Å². The molecule has 0 unspecified atom stereocenters. The normalized spacial score (nSPS) is 16.8. The number of nitrogens with one attached hydrogen (secondary N) is 2. The first kappa shape index (κ1) is 18.5. The first-order valence-electron chi connectivity index (χ1n) is 7.34. The number of hydrogen-bond acceptors (Lipinski definition) is 8. The molecular weight excluding hydrogens is 398 g/mol. The highest BCUT2D eigenvalue weighted by atomic mass is 35.5. The third-order valence-corrected chi connectivity index (χ3v) is 5.79. The zero-order valence-corrected chi connectivity index (χ0v) is 15.9. The SMILES string of the molecule is COC(=O)C1=C(CSc2nnc(N)s2)NC(=O)N[C@H]1c1ccccc1Cl. The van der Waals surface area contributed by atoms with E-state index in [0.717, 1.165) is 0 Å². The summed E-state index contributed by atoms with van der Waals surface area (Å²) in [4.78, 5) is 24.6. The standard InChI is InChI=1S/C15H14ClN5O3S2/c1-24-12(22)10-9(6-25-15-21-20-13(17)26-15)18-14(23)19-11(10)7-4-2-3-5-8(7)16/h2-5,11H,6H2,1H3,(H2,17,20)(H2,18,19,23)/t11-/m0/s1. The molecule has 4 N–H and O–H groups in total. The molecule has 0 fully saturated rings. The second-order valence-corrected chi connectivity index (χ2v) is 7.77. The Balaban J connectivity index is 1.98. The van der Waals surface area contributed by atoms with Gasteiger partial charge in [0.05, 0.1) is 18.7 Å². The van der Waals surface area contributed by atoms with Gasteiger partial charge in [0.2, 0.25) is 5.13 Å². The highest BCUT2D eigenvalue weighted by molar-refractivity contribution is 8.01. The summed E-state index contributed by atoms with van der Waals surface area (Å²) in [6.45, 7) is 0. The molecular formula is C15H14ClN5O3S2. The van der Waals surface area contributed by atoms with Crippen LogP contribution in [0.2, 0.25) is 5.02 Å². The number of anilines is 1. The van der Waals surface area contributed by atoms with Crippen LogP contribution in [0, 0.1) is 0 Å². The van der Waals surface area contributed by atoms with E-state index in [4.69, 9.17) is 22.1 Å². The number of nitrogens with zero attached hydrogens (tertiary/aromatic N) is 2. The highest BCUT2D eigenvalue weighted by Gasteiger charge is 2.34. The number of carbonyl (C=O) groups excluding carboxylic acids is 2. The molecule has 1 atom stereocenters. The van der Waals surface area contributed by atoms with Crippen LogP contribution in [0.4, 0.5) is 9.93 Å². The molecule has 0 radical (unpaired) electrons. The maximum atomic E-state index is 12.4. The number of methoxy groups -OCH3 is 1. The first-order chi connectivity index (χ1) is 12.5. The van der Waals surface area contributed by atoms with Gasteiger partial charge in [0, 0.05) is 16.5 Å². The Labute approximate surface area is 162 Å². The van der Waals surface area contributed by atoms with Crippen molar-refractivity contribution in [3.05, 3.63) is 46.1 Å². The molecule has 1 aliphatic heterocycles. The average molecular weight is 412 g/mol. The smallest absolute Gasteiger partial charge is 0.338 e. The van der Waals surface area contributed by atoms with E-state index in [1.54, 1.807) is 24.3 Å². The van der Waals surface area contributed by atoms with Crippen molar-refractivity contribution >= 4 is 51.8 Å². The molecule has 26 heavy (non-hydrogen) atoms. The van der Waals surface area contributed by atoms with Gasteiger partial charge in [-0.25, -0.2) is 9.59 Å². The summed E-state index contributed by atoms with van der Waals surface area (Å²) in [6, 6.07) is 5.83. The Bertz CT molecular complexity index is 886. The number of ether oxygens (including phenoxy) is 1. The maximum absolute atomic E-state index is 12.4. The zero-order valence-electron chi connectivity index (χ0n) is 13.5. The number of aromatic nitrogens is 2. The summed E-state index contributed by atoms with van der Waals surface area (Å²) in [5.41, 5.74) is 6.88. The zero-order chi connectivity index (χ0) is 18.7. The van der Waals surface area contributed by atoms with Crippen molar-refractivity contribution in [3.8, 4) is 0 Å². The number of halogens is 1. The molecule has 0 bridgehead atoms. The second kappa shape index (κ2) is 7.94. The third kappa shape index (κ3) is 3.92. The van der Waals surface area contributed by atoms with Crippen LogP contribution in [0.25, 0.3) is 0 Å². The Morgan fingerprint density at radius 3 is 2.85 bits per heavy atom. The number of thioether (sulfide) groups is 1. The summed E-state index contributed by atoms with van der Waals surface area (Å²) in [6.07, 6.45) is 0. The van der Waals surface area contributed by atoms with E-state index in [0.29, 0.717) is 25.8 Å². The predicted octanol–water partition coefficient (Wildman–Crippen LogP) is 2.35. The lowest BCUT2D eigenvalue weighted by molar-refractivity contribution is -0.136. The van der Waals surface area contributed by atoms with Crippen LogP contribution < -0.4 is 16.4 Å². The molecule has 0 aliphatic carbocycles. The molecule has 136 valence electrons. The summed E-state index contributed by atoms with van der Waals surface area (Å²) in [7, 11) is 1.28. The van der Waals surface area contributed by atoms with Crippen LogP contribution in [0.5, 0.6) is 0 Å². The Kier molecular flexibility index (Phi) is 5.64. The van der Waals surface area contributed by atoms with Crippen molar-refractivity contribution in [2.24, 2.45) is 0 Å². The number of nitrogens with two attached hydrogens (primary N) is 1. The monoisotopic (exact) mass is 411 g/mol. The Morgan fingerprint density at radius 1 is 1.42 bits per heavy atom. The van der Waals surface area contributed by atoms with Crippen molar-refractivity contribution in [2.45, 2.75) is 10.4 Å². The summed E-state index contributed by atoms with van der Waals surface area (Å²) >= 11 is 8.79. The average Bonchev–Trinajstić information content (AvgIpc) is 3.04. The fraction of sp³-hybridized carbons (Fsp3) is 0.200. The predicted molar refractivity (Wildman–Crippen MR) is 99.9 cm³/mol. The molecule has 2 aromatic rings. The molecule has 2 heterocycles. The highest BCUT2D eigenvalue weighted by Crippen LogP contribution is 2.34. The van der Waals surface area contributed by atoms with E-state index < -0.39 is 18.0 Å². The van der Waals surface area contributed by atoms with Crippen molar-refractivity contribution in [1.29, 1.82) is 0 Å². The number of nitrogen functional groups attached to an aromatic ring is 1. The van der Waals surface area contributed by atoms with Gasteiger partial charge in [-0.1, -0.05) is 52.9 Å². The fourth-order valence-corrected chi connectivity index (χ4v) is 4.29. The van der Waals surface area contributed by atoms with Gasteiger partial charge in [-0.15, -0.1) is 10.2 Å². The minimum Gasteiger partial charge on any atom is -0.466 e. The quantitative estimate of drug-likeness (QED) is 0.510. The molecule has 0 spiro atoms. The lowest BCUT2D eigenvalue weighted by Crippen LogP contribution is -2.46. The van der Waals surface area contributed by atoms with E-state index in [9.17, 15) is 9.59 Å². The van der Waals surface area contributed by atoms with Crippen LogP contribution in [0.1, 0.15) is 11.6 Å². The molecule has 11 heteroatoms. The van der Waals surface area contributed by atoms with Crippen LogP contribution in [0.15, 0.2) is 39.9 Å². The van der Waals surface area contributed by atoms with E-state index in [2.05, 4.69) is 20.8 Å². The largest absolute Gasteiger partial charge is 0.466 e. The molecule has 1 aromatic carbocycles. The molecule has 2 amide bonds. The Hall–Kier alpha value is -2.30. The van der Waals surface area contributed by atoms with Crippen LogP contribution >= 0.6 is 34.7 Å². The number of carbonyl (C=O) groups is 2. The third-order valence-electron chi connectivity index (χ3n) is 3.54. The van der Waals surface area contributed by atoms with Gasteiger partial charge in [0.15, 0.2) is 4.34 Å². The van der Waals surface area contributed by atoms with Crippen molar-refractivity contribution < 1.29 is 14.3 Å². The molecule has 0 saturated carbocycles. The van der Waals surface area contributed by atoms with Crippen molar-refractivity contribution in [2.75, 3.05) is 18.6 Å². The van der Waals surface area contributed by atoms with Gasteiger partial charge >= 0.3 is 12.0 Å². The van der Waals surface area contributed by atoms with E-state index in [1.807, 2.05) is 0 Å².